The summed E-state index contributed by atoms with van der Waals surface area (Å²) in [5.41, 5.74) is 1.47. The van der Waals surface area contributed by atoms with Crippen molar-refractivity contribution in [3.8, 4) is 0 Å². The van der Waals surface area contributed by atoms with Crippen LogP contribution in [-0.4, -0.2) is 4.98 Å². The van der Waals surface area contributed by atoms with Crippen LogP contribution >= 0.6 is 0 Å². The Morgan fingerprint density at radius 1 is 1.46 bits per heavy atom. The van der Waals surface area contributed by atoms with Crippen molar-refractivity contribution in [1.29, 1.82) is 0 Å². The van der Waals surface area contributed by atoms with Crippen molar-refractivity contribution >= 4 is 10.9 Å². The predicted molar refractivity (Wildman–Crippen MR) is 48.6 cm³/mol. The Bertz CT molecular complexity index is 479. The summed E-state index contributed by atoms with van der Waals surface area (Å²) in [6.07, 6.45) is 1.69. The Labute approximate surface area is 74.8 Å². The van der Waals surface area contributed by atoms with E-state index in [9.17, 15) is 4.39 Å². The molecule has 3 heteroatoms. The molecule has 2 rings (SSSR count). The standard InChI is InChI=1S/C10H7FN2/c1-12-5-7-6-13-9-4-2-3-8(11)10(7)9/h2-4,6,13H,5H2. The number of hydrogen-bond acceptors (Lipinski definition) is 0. The lowest BCUT2D eigenvalue weighted by molar-refractivity contribution is 0.639. The first-order valence-electron chi connectivity index (χ1n) is 3.90. The fourth-order valence-electron chi connectivity index (χ4n) is 1.42. The van der Waals surface area contributed by atoms with Crippen molar-refractivity contribution in [3.05, 3.63) is 47.2 Å². The van der Waals surface area contributed by atoms with Crippen LogP contribution in [0.4, 0.5) is 4.39 Å². The zero-order chi connectivity index (χ0) is 9.26. The smallest absolute Gasteiger partial charge is 0.241 e. The second-order valence-corrected chi connectivity index (χ2v) is 2.79. The number of aromatic amines is 1. The van der Waals surface area contributed by atoms with E-state index in [0.29, 0.717) is 5.39 Å². The second-order valence-electron chi connectivity index (χ2n) is 2.79. The minimum absolute atomic E-state index is 0.223. The first-order valence-corrected chi connectivity index (χ1v) is 3.90. The molecule has 0 bridgehead atoms. The van der Waals surface area contributed by atoms with Gasteiger partial charge in [0.25, 0.3) is 0 Å². The second kappa shape index (κ2) is 2.91. The van der Waals surface area contributed by atoms with Gasteiger partial charge in [0.2, 0.25) is 6.54 Å². The van der Waals surface area contributed by atoms with Gasteiger partial charge in [0.1, 0.15) is 5.82 Å². The van der Waals surface area contributed by atoms with Crippen molar-refractivity contribution in [2.45, 2.75) is 6.54 Å². The Morgan fingerprint density at radius 2 is 2.31 bits per heavy atom. The molecule has 1 N–H and O–H groups in total. The third-order valence-corrected chi connectivity index (χ3v) is 1.99. The Balaban J connectivity index is 2.73. The van der Waals surface area contributed by atoms with Gasteiger partial charge in [-0.15, -0.1) is 0 Å². The molecule has 13 heavy (non-hydrogen) atoms. The maximum Gasteiger partial charge on any atom is 0.241 e. The summed E-state index contributed by atoms with van der Waals surface area (Å²) < 4.78 is 13.3. The molecule has 2 aromatic rings. The molecule has 0 saturated carbocycles. The molecule has 0 aliphatic heterocycles. The van der Waals surface area contributed by atoms with Crippen LogP contribution in [0, 0.1) is 12.4 Å². The maximum atomic E-state index is 13.3. The number of rotatable bonds is 1. The summed E-state index contributed by atoms with van der Waals surface area (Å²) in [6.45, 7) is 6.94. The van der Waals surface area contributed by atoms with Gasteiger partial charge in [0, 0.05) is 17.1 Å². The van der Waals surface area contributed by atoms with E-state index < -0.39 is 0 Å². The number of hydrogen-bond donors (Lipinski definition) is 1. The number of benzene rings is 1. The molecule has 64 valence electrons. The van der Waals surface area contributed by atoms with E-state index >= 15 is 0 Å². The third kappa shape index (κ3) is 1.17. The highest BCUT2D eigenvalue weighted by Gasteiger charge is 2.09. The Morgan fingerprint density at radius 3 is 3.08 bits per heavy atom. The largest absolute Gasteiger partial charge is 0.361 e. The van der Waals surface area contributed by atoms with Gasteiger partial charge in [-0.3, -0.25) is 0 Å². The van der Waals surface area contributed by atoms with Gasteiger partial charge in [0.05, 0.1) is 5.56 Å². The van der Waals surface area contributed by atoms with Gasteiger partial charge in [0.15, 0.2) is 0 Å². The van der Waals surface area contributed by atoms with E-state index in [2.05, 4.69) is 9.83 Å². The van der Waals surface area contributed by atoms with Crippen molar-refractivity contribution in [3.63, 3.8) is 0 Å². The summed E-state index contributed by atoms with van der Waals surface area (Å²) in [5.74, 6) is -0.266. The third-order valence-electron chi connectivity index (χ3n) is 1.99. The molecule has 0 spiro atoms. The number of aromatic nitrogens is 1. The van der Waals surface area contributed by atoms with Crippen LogP contribution < -0.4 is 0 Å². The molecule has 0 saturated heterocycles. The van der Waals surface area contributed by atoms with Crippen LogP contribution in [0.5, 0.6) is 0 Å². The highest BCUT2D eigenvalue weighted by Crippen LogP contribution is 2.21. The zero-order valence-electron chi connectivity index (χ0n) is 6.84. The van der Waals surface area contributed by atoms with Gasteiger partial charge < -0.3 is 9.83 Å². The quantitative estimate of drug-likeness (QED) is 0.641. The molecule has 0 unspecified atom stereocenters. The first kappa shape index (κ1) is 7.81. The molecule has 0 atom stereocenters. The van der Waals surface area contributed by atoms with Crippen LogP contribution in [0.25, 0.3) is 15.7 Å². The number of halogens is 1. The number of nitrogens with zero attached hydrogens (tertiary/aromatic N) is 1. The van der Waals surface area contributed by atoms with Gasteiger partial charge in [-0.2, -0.15) is 0 Å². The molecule has 0 amide bonds. The Hall–Kier alpha value is -1.82. The van der Waals surface area contributed by atoms with E-state index in [-0.39, 0.29) is 12.4 Å². The minimum atomic E-state index is -0.266. The van der Waals surface area contributed by atoms with E-state index in [1.165, 1.54) is 6.07 Å². The summed E-state index contributed by atoms with van der Waals surface area (Å²) >= 11 is 0. The van der Waals surface area contributed by atoms with E-state index in [0.717, 1.165) is 11.1 Å². The van der Waals surface area contributed by atoms with E-state index in [1.807, 2.05) is 0 Å². The van der Waals surface area contributed by atoms with Crippen LogP contribution in [0.2, 0.25) is 0 Å². The number of nitrogens with one attached hydrogen (secondary N) is 1. The average molecular weight is 174 g/mol. The predicted octanol–water partition coefficient (Wildman–Crippen LogP) is 2.73. The lowest BCUT2D eigenvalue weighted by Gasteiger charge is -1.92. The van der Waals surface area contributed by atoms with Crippen LogP contribution in [0.1, 0.15) is 5.56 Å². The molecular formula is C10H7FN2. The highest BCUT2D eigenvalue weighted by molar-refractivity contribution is 5.83. The van der Waals surface area contributed by atoms with Gasteiger partial charge >= 0.3 is 0 Å². The Kier molecular flexibility index (Phi) is 1.75. The van der Waals surface area contributed by atoms with Crippen LogP contribution in [-0.2, 0) is 6.54 Å². The summed E-state index contributed by atoms with van der Waals surface area (Å²) in [5, 5.41) is 0.540. The minimum Gasteiger partial charge on any atom is -0.361 e. The maximum absolute atomic E-state index is 13.3. The number of fused-ring (bicyclic) bond motifs is 1. The summed E-state index contributed by atoms with van der Waals surface area (Å²) in [7, 11) is 0. The van der Waals surface area contributed by atoms with E-state index in [1.54, 1.807) is 18.3 Å². The average Bonchev–Trinajstić information content (AvgIpc) is 2.51. The summed E-state index contributed by atoms with van der Waals surface area (Å²) in [6, 6.07) is 4.85. The SMILES string of the molecule is [C-]#[N+]Cc1c[nH]c2cccc(F)c12. The van der Waals surface area contributed by atoms with Crippen molar-refractivity contribution in [1.82, 2.24) is 4.98 Å². The molecule has 1 heterocycles. The summed E-state index contributed by atoms with van der Waals surface area (Å²) in [4.78, 5) is 6.16. The molecule has 0 fully saturated rings. The van der Waals surface area contributed by atoms with Gasteiger partial charge in [-0.1, -0.05) is 6.07 Å². The normalized spacial score (nSPS) is 10.2. The molecule has 0 aliphatic carbocycles. The topological polar surface area (TPSA) is 20.1 Å². The fraction of sp³-hybridized carbons (Fsp3) is 0.100. The molecule has 0 radical (unpaired) electrons. The van der Waals surface area contributed by atoms with Crippen LogP contribution in [0.15, 0.2) is 24.4 Å². The lowest BCUT2D eigenvalue weighted by Crippen LogP contribution is -1.80. The number of H-pyrrole nitrogens is 1. The van der Waals surface area contributed by atoms with Gasteiger partial charge in [-0.05, 0) is 12.1 Å². The molecule has 0 aliphatic rings. The van der Waals surface area contributed by atoms with E-state index in [4.69, 9.17) is 6.57 Å². The molecular weight excluding hydrogens is 167 g/mol. The van der Waals surface area contributed by atoms with Crippen molar-refractivity contribution in [2.75, 3.05) is 0 Å². The molecule has 2 nitrogen and oxygen atoms in total. The molecule has 1 aromatic carbocycles. The van der Waals surface area contributed by atoms with Crippen molar-refractivity contribution in [2.24, 2.45) is 0 Å². The zero-order valence-corrected chi connectivity index (χ0v) is 6.84. The fourth-order valence-corrected chi connectivity index (χ4v) is 1.42. The van der Waals surface area contributed by atoms with Crippen molar-refractivity contribution < 1.29 is 4.39 Å². The van der Waals surface area contributed by atoms with Crippen LogP contribution in [0.3, 0.4) is 0 Å². The monoisotopic (exact) mass is 174 g/mol. The van der Waals surface area contributed by atoms with Gasteiger partial charge in [-0.25, -0.2) is 11.0 Å². The first-order chi connectivity index (χ1) is 6.33. The lowest BCUT2D eigenvalue weighted by atomic mass is 10.1. The highest BCUT2D eigenvalue weighted by atomic mass is 19.1. The molecule has 1 aromatic heterocycles.